The van der Waals surface area contributed by atoms with Crippen molar-refractivity contribution in [2.75, 3.05) is 6.61 Å². The lowest BCUT2D eigenvalue weighted by Crippen LogP contribution is -2.77. The Hall–Kier alpha value is -0.370. The van der Waals surface area contributed by atoms with Crippen LogP contribution in [0.3, 0.4) is 0 Å². The molecule has 1 spiro atoms. The molecule has 2 saturated heterocycles. The molecule has 6 fully saturated rings. The van der Waals surface area contributed by atoms with Crippen LogP contribution in [0, 0.1) is 46.3 Å². The fraction of sp³-hybridized carbons (Fsp3) is 1.00. The van der Waals surface area contributed by atoms with Crippen molar-refractivity contribution >= 4 is 10.4 Å². The molecule has 0 bridgehead atoms. The van der Waals surface area contributed by atoms with Crippen LogP contribution in [0.5, 0.6) is 0 Å². The Morgan fingerprint density at radius 3 is 2.29 bits per heavy atom. The maximum absolute atomic E-state index is 11.8. The highest BCUT2D eigenvalue weighted by Gasteiger charge is 2.75. The SMILES string of the molecule is CC1CCC2(OC1)OC1CC3C4CCC5(O)C(O)C(O)C(OS(=O)(=O)O)C(O)C5(C)C4CCC3(C)C1C2C. The smallest absolute Gasteiger partial charge is 0.390 e. The number of aliphatic hydroxyl groups excluding tert-OH is 3. The maximum atomic E-state index is 11.8. The Morgan fingerprint density at radius 2 is 1.66 bits per heavy atom. The van der Waals surface area contributed by atoms with Crippen LogP contribution < -0.4 is 0 Å². The van der Waals surface area contributed by atoms with Gasteiger partial charge in [0.15, 0.2) is 5.79 Å². The van der Waals surface area contributed by atoms with E-state index in [1.165, 1.54) is 0 Å². The summed E-state index contributed by atoms with van der Waals surface area (Å²) in [6, 6.07) is 0. The van der Waals surface area contributed by atoms with Gasteiger partial charge in [0.1, 0.15) is 23.9 Å². The molecule has 6 aliphatic rings. The number of ether oxygens (including phenoxy) is 2. The minimum atomic E-state index is -5.03. The first-order chi connectivity index (χ1) is 17.6. The van der Waals surface area contributed by atoms with E-state index in [0.717, 1.165) is 25.7 Å². The average Bonchev–Trinajstić information content (AvgIpc) is 3.29. The lowest BCUT2D eigenvalue weighted by molar-refractivity contribution is -0.322. The van der Waals surface area contributed by atoms with E-state index in [4.69, 9.17) is 9.47 Å². The largest absolute Gasteiger partial charge is 0.397 e. The van der Waals surface area contributed by atoms with Crippen LogP contribution >= 0.6 is 0 Å². The molecule has 10 nitrogen and oxygen atoms in total. The van der Waals surface area contributed by atoms with Crippen LogP contribution in [0.15, 0.2) is 0 Å². The van der Waals surface area contributed by atoms with Crippen LogP contribution in [0.4, 0.5) is 0 Å². The summed E-state index contributed by atoms with van der Waals surface area (Å²) in [5.41, 5.74) is -3.22. The highest BCUT2D eigenvalue weighted by atomic mass is 32.3. The predicted octanol–water partition coefficient (Wildman–Crippen LogP) is 1.65. The molecule has 2 aliphatic heterocycles. The first kappa shape index (κ1) is 27.8. The van der Waals surface area contributed by atoms with E-state index in [0.29, 0.717) is 31.3 Å². The first-order valence-corrected chi connectivity index (χ1v) is 15.7. The van der Waals surface area contributed by atoms with Crippen LogP contribution in [0.25, 0.3) is 0 Å². The van der Waals surface area contributed by atoms with E-state index in [1.54, 1.807) is 6.92 Å². The highest BCUT2D eigenvalue weighted by molar-refractivity contribution is 7.80. The van der Waals surface area contributed by atoms with Gasteiger partial charge in [-0.25, -0.2) is 4.18 Å². The molecule has 0 amide bonds. The van der Waals surface area contributed by atoms with Gasteiger partial charge in [0.25, 0.3) is 0 Å². The van der Waals surface area contributed by atoms with E-state index < -0.39 is 51.6 Å². The summed E-state index contributed by atoms with van der Waals surface area (Å²) in [7, 11) is -5.03. The van der Waals surface area contributed by atoms with E-state index in [2.05, 4.69) is 25.0 Å². The number of hydrogen-bond donors (Lipinski definition) is 5. The van der Waals surface area contributed by atoms with E-state index >= 15 is 0 Å². The molecule has 15 atom stereocenters. The van der Waals surface area contributed by atoms with Gasteiger partial charge in [-0.3, -0.25) is 4.55 Å². The molecule has 0 aromatic rings. The van der Waals surface area contributed by atoms with E-state index in [-0.39, 0.29) is 41.6 Å². The van der Waals surface area contributed by atoms with Crippen molar-refractivity contribution in [1.82, 2.24) is 0 Å². The zero-order chi connectivity index (χ0) is 27.6. The molecule has 15 unspecified atom stereocenters. The van der Waals surface area contributed by atoms with Gasteiger partial charge in [-0.2, -0.15) is 8.42 Å². The maximum Gasteiger partial charge on any atom is 0.397 e. The number of hydrogen-bond acceptors (Lipinski definition) is 9. The molecule has 11 heteroatoms. The van der Waals surface area contributed by atoms with Crippen molar-refractivity contribution in [3.05, 3.63) is 0 Å². The Labute approximate surface area is 225 Å². The Morgan fingerprint density at radius 1 is 0.947 bits per heavy atom. The molecular weight excluding hydrogens is 516 g/mol. The minimum absolute atomic E-state index is 0.0188. The quantitative estimate of drug-likeness (QED) is 0.314. The molecule has 4 saturated carbocycles. The molecule has 0 aromatic carbocycles. The molecule has 2 heterocycles. The van der Waals surface area contributed by atoms with Crippen molar-refractivity contribution in [3.63, 3.8) is 0 Å². The van der Waals surface area contributed by atoms with Gasteiger partial charge in [-0.15, -0.1) is 0 Å². The Balaban J connectivity index is 1.31. The first-order valence-electron chi connectivity index (χ1n) is 14.3. The monoisotopic (exact) mass is 560 g/mol. The van der Waals surface area contributed by atoms with Gasteiger partial charge in [0.05, 0.1) is 18.8 Å². The van der Waals surface area contributed by atoms with Crippen molar-refractivity contribution < 1.29 is 47.1 Å². The number of aliphatic hydroxyl groups is 4. The molecule has 6 rings (SSSR count). The van der Waals surface area contributed by atoms with Gasteiger partial charge >= 0.3 is 10.4 Å². The van der Waals surface area contributed by atoms with Gasteiger partial charge in [0.2, 0.25) is 0 Å². The van der Waals surface area contributed by atoms with Gasteiger partial charge in [0, 0.05) is 17.8 Å². The summed E-state index contributed by atoms with van der Waals surface area (Å²) in [5, 5.41) is 45.0. The summed E-state index contributed by atoms with van der Waals surface area (Å²) in [6.45, 7) is 9.21. The van der Waals surface area contributed by atoms with Crippen LogP contribution in [0.2, 0.25) is 0 Å². The standard InChI is InChI=1S/C27H44O10S/c1-13-5-10-27(35-12-13)14(2)19-18(36-27)11-17-15-6-9-26(31)22(29)20(28)21(37-38(32,33)34)23(30)25(26,4)16(15)7-8-24(17,19)3/h13-23,28-31H,5-12H2,1-4H3,(H,32,33,34). The Bertz CT molecular complexity index is 1060. The second-order valence-electron chi connectivity index (χ2n) is 14.0. The second-order valence-corrected chi connectivity index (χ2v) is 15.1. The number of rotatable bonds is 2. The zero-order valence-electron chi connectivity index (χ0n) is 22.7. The topological polar surface area (TPSA) is 163 Å². The second kappa shape index (κ2) is 8.58. The van der Waals surface area contributed by atoms with Crippen molar-refractivity contribution in [2.24, 2.45) is 46.3 Å². The fourth-order valence-electron chi connectivity index (χ4n) is 10.6. The van der Waals surface area contributed by atoms with E-state index in [9.17, 15) is 33.4 Å². The van der Waals surface area contributed by atoms with Gasteiger partial charge < -0.3 is 29.9 Å². The minimum Gasteiger partial charge on any atom is -0.390 e. The van der Waals surface area contributed by atoms with Gasteiger partial charge in [-0.05, 0) is 73.5 Å². The lowest BCUT2D eigenvalue weighted by atomic mass is 9.41. The van der Waals surface area contributed by atoms with Crippen molar-refractivity contribution in [2.45, 2.75) is 115 Å². The van der Waals surface area contributed by atoms with E-state index in [1.807, 2.05) is 0 Å². The molecule has 0 aromatic heterocycles. The summed E-state index contributed by atoms with van der Waals surface area (Å²) in [6.07, 6.45) is -1.86. The lowest BCUT2D eigenvalue weighted by Gasteiger charge is -2.67. The van der Waals surface area contributed by atoms with Crippen LogP contribution in [0.1, 0.15) is 72.6 Å². The van der Waals surface area contributed by atoms with Crippen LogP contribution in [-0.4, -0.2) is 81.9 Å². The summed E-state index contributed by atoms with van der Waals surface area (Å²) >= 11 is 0. The highest BCUT2D eigenvalue weighted by Crippen LogP contribution is 2.72. The normalized spacial score (nSPS) is 60.2. The van der Waals surface area contributed by atoms with Crippen molar-refractivity contribution in [3.8, 4) is 0 Å². The third-order valence-corrected chi connectivity index (χ3v) is 13.0. The predicted molar refractivity (Wildman–Crippen MR) is 134 cm³/mol. The molecular formula is C27H44O10S. The molecule has 218 valence electrons. The summed E-state index contributed by atoms with van der Waals surface area (Å²) < 4.78 is 50.3. The van der Waals surface area contributed by atoms with Gasteiger partial charge in [-0.1, -0.05) is 27.7 Å². The van der Waals surface area contributed by atoms with Crippen LogP contribution in [-0.2, 0) is 24.1 Å². The third kappa shape index (κ3) is 3.49. The summed E-state index contributed by atoms with van der Waals surface area (Å²) in [5.74, 6) is 0.693. The average molecular weight is 561 g/mol. The Kier molecular flexibility index (Phi) is 6.27. The molecule has 0 radical (unpaired) electrons. The summed E-state index contributed by atoms with van der Waals surface area (Å²) in [4.78, 5) is 0. The molecule has 4 aliphatic carbocycles. The molecule has 5 N–H and O–H groups in total. The fourth-order valence-corrected chi connectivity index (χ4v) is 11.1. The number of fused-ring (bicyclic) bond motifs is 7. The molecule has 38 heavy (non-hydrogen) atoms. The van der Waals surface area contributed by atoms with Crippen molar-refractivity contribution in [1.29, 1.82) is 0 Å². The zero-order valence-corrected chi connectivity index (χ0v) is 23.5. The third-order valence-electron chi connectivity index (χ3n) is 12.6.